The summed E-state index contributed by atoms with van der Waals surface area (Å²) in [7, 11) is 1.51. The first-order valence-corrected chi connectivity index (χ1v) is 3.99. The molecule has 1 amide bonds. The lowest BCUT2D eigenvalue weighted by atomic mass is 10.2. The summed E-state index contributed by atoms with van der Waals surface area (Å²) >= 11 is 0. The first kappa shape index (κ1) is 8.63. The first-order chi connectivity index (χ1) is 6.65. The molecule has 14 heavy (non-hydrogen) atoms. The molecule has 0 unspecified atom stereocenters. The van der Waals surface area contributed by atoms with Crippen molar-refractivity contribution in [3.8, 4) is 6.07 Å². The van der Waals surface area contributed by atoms with E-state index in [1.54, 1.807) is 6.07 Å². The van der Waals surface area contributed by atoms with E-state index in [1.165, 1.54) is 11.9 Å². The summed E-state index contributed by atoms with van der Waals surface area (Å²) in [6.07, 6.45) is 1.12. The van der Waals surface area contributed by atoms with Crippen LogP contribution >= 0.6 is 0 Å². The van der Waals surface area contributed by atoms with Gasteiger partial charge in [-0.1, -0.05) is 0 Å². The third-order valence-corrected chi connectivity index (χ3v) is 2.22. The molecule has 0 radical (unpaired) electrons. The molecule has 0 N–H and O–H groups in total. The zero-order valence-electron chi connectivity index (χ0n) is 7.41. The maximum Gasteiger partial charge on any atom is 0.232 e. The highest BCUT2D eigenvalue weighted by Gasteiger charge is 2.29. The van der Waals surface area contributed by atoms with Gasteiger partial charge in [0, 0.05) is 7.05 Å². The lowest BCUT2D eigenvalue weighted by Gasteiger charge is -2.10. The predicted molar refractivity (Wildman–Crippen MR) is 46.0 cm³/mol. The Labute approximate surface area is 79.6 Å². The van der Waals surface area contributed by atoms with E-state index in [-0.39, 0.29) is 17.9 Å². The maximum absolute atomic E-state index is 13.1. The Morgan fingerprint density at radius 2 is 2.43 bits per heavy atom. The Bertz CT molecular complexity index is 464. The number of carbonyl (C=O) groups excluding carboxylic acids is 1. The van der Waals surface area contributed by atoms with Gasteiger partial charge in [0.15, 0.2) is 5.82 Å². The minimum absolute atomic E-state index is 0.108. The van der Waals surface area contributed by atoms with Gasteiger partial charge in [0.2, 0.25) is 5.91 Å². The fourth-order valence-corrected chi connectivity index (χ4v) is 1.50. The average molecular weight is 191 g/mol. The van der Waals surface area contributed by atoms with Gasteiger partial charge in [-0.3, -0.25) is 9.78 Å². The van der Waals surface area contributed by atoms with Crippen molar-refractivity contribution >= 4 is 11.6 Å². The Hall–Kier alpha value is -1.96. The van der Waals surface area contributed by atoms with Crippen LogP contribution in [0.3, 0.4) is 0 Å². The highest BCUT2D eigenvalue weighted by Crippen LogP contribution is 2.30. The van der Waals surface area contributed by atoms with Gasteiger partial charge in [0.25, 0.3) is 0 Å². The number of pyridine rings is 1. The number of hydrogen-bond acceptors (Lipinski definition) is 3. The van der Waals surface area contributed by atoms with E-state index in [0.29, 0.717) is 11.4 Å². The second-order valence-electron chi connectivity index (χ2n) is 3.02. The van der Waals surface area contributed by atoms with Gasteiger partial charge in [-0.25, -0.2) is 4.39 Å². The topological polar surface area (TPSA) is 57.0 Å². The average Bonchev–Trinajstić information content (AvgIpc) is 2.45. The molecule has 70 valence electrons. The summed E-state index contributed by atoms with van der Waals surface area (Å²) in [5, 5.41) is 8.73. The van der Waals surface area contributed by atoms with Crippen LogP contribution in [0.15, 0.2) is 6.20 Å². The van der Waals surface area contributed by atoms with Crippen LogP contribution in [0.4, 0.5) is 10.1 Å². The normalized spacial score (nSPS) is 14.1. The minimum Gasteiger partial charge on any atom is -0.312 e. The molecule has 0 aromatic carbocycles. The Morgan fingerprint density at radius 3 is 3.07 bits per heavy atom. The zero-order chi connectivity index (χ0) is 10.3. The molecule has 2 rings (SSSR count). The molecule has 2 heterocycles. The van der Waals surface area contributed by atoms with Gasteiger partial charge >= 0.3 is 0 Å². The van der Waals surface area contributed by atoms with E-state index in [9.17, 15) is 9.18 Å². The lowest BCUT2D eigenvalue weighted by Crippen LogP contribution is -2.21. The predicted octanol–water partition coefficient (Wildman–Crippen LogP) is 0.611. The van der Waals surface area contributed by atoms with E-state index in [2.05, 4.69) is 4.98 Å². The van der Waals surface area contributed by atoms with Crippen LogP contribution in [-0.4, -0.2) is 17.9 Å². The number of anilines is 1. The van der Waals surface area contributed by atoms with Crippen molar-refractivity contribution in [1.82, 2.24) is 4.98 Å². The van der Waals surface area contributed by atoms with Gasteiger partial charge in [0.1, 0.15) is 11.6 Å². The Morgan fingerprint density at radius 1 is 1.71 bits per heavy atom. The molecule has 0 bridgehead atoms. The number of aromatic nitrogens is 1. The maximum atomic E-state index is 13.1. The molecule has 1 aromatic rings. The SMILES string of the molecule is CN1C(=O)Cc2ncc(F)c(C#N)c21. The van der Waals surface area contributed by atoms with Crippen molar-refractivity contribution in [2.45, 2.75) is 6.42 Å². The Balaban J connectivity index is 2.72. The molecule has 1 aromatic heterocycles. The summed E-state index contributed by atoms with van der Waals surface area (Å²) < 4.78 is 13.1. The van der Waals surface area contributed by atoms with E-state index in [4.69, 9.17) is 5.26 Å². The molecular formula is C9H6FN3O. The number of amides is 1. The van der Waals surface area contributed by atoms with Gasteiger partial charge in [-0.05, 0) is 0 Å². The van der Waals surface area contributed by atoms with Crippen molar-refractivity contribution in [2.24, 2.45) is 0 Å². The molecule has 1 aliphatic rings. The molecule has 0 aliphatic carbocycles. The third kappa shape index (κ3) is 0.973. The smallest absolute Gasteiger partial charge is 0.232 e. The van der Waals surface area contributed by atoms with E-state index < -0.39 is 5.82 Å². The first-order valence-electron chi connectivity index (χ1n) is 3.99. The number of fused-ring (bicyclic) bond motifs is 1. The molecule has 0 saturated heterocycles. The van der Waals surface area contributed by atoms with Crippen LogP contribution in [0.25, 0.3) is 0 Å². The number of halogens is 1. The highest BCUT2D eigenvalue weighted by atomic mass is 19.1. The molecule has 0 fully saturated rings. The molecular weight excluding hydrogens is 185 g/mol. The van der Waals surface area contributed by atoms with Gasteiger partial charge < -0.3 is 4.90 Å². The van der Waals surface area contributed by atoms with Crippen molar-refractivity contribution in [3.05, 3.63) is 23.3 Å². The van der Waals surface area contributed by atoms with Crippen molar-refractivity contribution in [2.75, 3.05) is 11.9 Å². The van der Waals surface area contributed by atoms with Crippen molar-refractivity contribution in [1.29, 1.82) is 5.26 Å². The van der Waals surface area contributed by atoms with Crippen molar-refractivity contribution < 1.29 is 9.18 Å². The number of carbonyl (C=O) groups is 1. The van der Waals surface area contributed by atoms with E-state index in [0.717, 1.165) is 6.20 Å². The van der Waals surface area contributed by atoms with Crippen LogP contribution in [0, 0.1) is 17.1 Å². The van der Waals surface area contributed by atoms with Crippen molar-refractivity contribution in [3.63, 3.8) is 0 Å². The summed E-state index contributed by atoms with van der Waals surface area (Å²) in [6.45, 7) is 0. The van der Waals surface area contributed by atoms with Crippen LogP contribution in [0.2, 0.25) is 0 Å². The van der Waals surface area contributed by atoms with E-state index in [1.807, 2.05) is 0 Å². The molecule has 5 heteroatoms. The van der Waals surface area contributed by atoms with Crippen LogP contribution in [0.5, 0.6) is 0 Å². The summed E-state index contributed by atoms with van der Waals surface area (Å²) in [6, 6.07) is 1.74. The van der Waals surface area contributed by atoms with Gasteiger partial charge in [-0.2, -0.15) is 5.26 Å². The quantitative estimate of drug-likeness (QED) is 0.603. The van der Waals surface area contributed by atoms with Crippen LogP contribution in [0.1, 0.15) is 11.3 Å². The molecule has 0 spiro atoms. The number of nitriles is 1. The molecule has 0 atom stereocenters. The molecule has 0 saturated carbocycles. The van der Waals surface area contributed by atoms with Crippen LogP contribution < -0.4 is 4.90 Å². The summed E-state index contributed by atoms with van der Waals surface area (Å²) in [4.78, 5) is 16.3. The molecule has 4 nitrogen and oxygen atoms in total. The lowest BCUT2D eigenvalue weighted by molar-refractivity contribution is -0.117. The van der Waals surface area contributed by atoms with E-state index >= 15 is 0 Å². The zero-order valence-corrected chi connectivity index (χ0v) is 7.41. The highest BCUT2D eigenvalue weighted by molar-refractivity contribution is 6.01. The second-order valence-corrected chi connectivity index (χ2v) is 3.02. The fourth-order valence-electron chi connectivity index (χ4n) is 1.50. The monoisotopic (exact) mass is 191 g/mol. The summed E-state index contributed by atoms with van der Waals surface area (Å²) in [5.41, 5.74) is 0.663. The minimum atomic E-state index is -0.687. The van der Waals surface area contributed by atoms with Gasteiger partial charge in [0.05, 0.1) is 24.0 Å². The number of rotatable bonds is 0. The van der Waals surface area contributed by atoms with Gasteiger partial charge in [-0.15, -0.1) is 0 Å². The Kier molecular flexibility index (Phi) is 1.71. The second kappa shape index (κ2) is 2.77. The standard InChI is InChI=1S/C9H6FN3O/c1-13-8(14)2-7-9(13)5(3-11)6(10)4-12-7/h4H,2H2,1H3. The third-order valence-electron chi connectivity index (χ3n) is 2.22. The number of likely N-dealkylation sites (N-methyl/N-ethyl adjacent to an activating group) is 1. The molecule has 1 aliphatic heterocycles. The number of hydrogen-bond donors (Lipinski definition) is 0. The summed E-state index contributed by atoms with van der Waals surface area (Å²) in [5.74, 6) is -0.859. The largest absolute Gasteiger partial charge is 0.312 e. The fraction of sp³-hybridized carbons (Fsp3) is 0.222. The van der Waals surface area contributed by atoms with Crippen LogP contribution in [-0.2, 0) is 11.2 Å². The number of nitrogens with zero attached hydrogens (tertiary/aromatic N) is 3.